The zero-order valence-electron chi connectivity index (χ0n) is 14.8. The summed E-state index contributed by atoms with van der Waals surface area (Å²) in [7, 11) is 1.59. The van der Waals surface area contributed by atoms with Gasteiger partial charge < -0.3 is 15.2 Å². The molecule has 0 spiro atoms. The first-order chi connectivity index (χ1) is 11.3. The second-order valence-electron chi connectivity index (χ2n) is 6.08. The molecule has 0 saturated heterocycles. The molecule has 2 rings (SSSR count). The Balaban J connectivity index is 2.04. The Hall–Kier alpha value is -2.34. The minimum Gasteiger partial charge on any atom is -0.497 e. The first kappa shape index (κ1) is 18.0. The van der Waals surface area contributed by atoms with Gasteiger partial charge in [0.05, 0.1) is 30.9 Å². The van der Waals surface area contributed by atoms with Crippen molar-refractivity contribution in [2.45, 2.75) is 45.8 Å². The summed E-state index contributed by atoms with van der Waals surface area (Å²) in [6.07, 6.45) is -0.793. The van der Waals surface area contributed by atoms with Gasteiger partial charge in [-0.15, -0.1) is 0 Å². The molecule has 0 fully saturated rings. The van der Waals surface area contributed by atoms with E-state index in [0.29, 0.717) is 0 Å². The fourth-order valence-electron chi connectivity index (χ4n) is 2.85. The number of nitrogens with one attached hydrogen (secondary N) is 2. The van der Waals surface area contributed by atoms with E-state index >= 15 is 0 Å². The molecule has 0 bridgehead atoms. The number of methoxy groups -OCH3 is 1. The molecule has 0 saturated carbocycles. The van der Waals surface area contributed by atoms with E-state index in [9.17, 15) is 9.90 Å². The number of aromatic amines is 1. The lowest BCUT2D eigenvalue weighted by Gasteiger charge is -2.23. The molecule has 6 nitrogen and oxygen atoms in total. The summed E-state index contributed by atoms with van der Waals surface area (Å²) in [5.74, 6) is 0.249. The number of ether oxygens (including phenoxy) is 1. The molecule has 1 amide bonds. The van der Waals surface area contributed by atoms with E-state index in [-0.39, 0.29) is 11.8 Å². The van der Waals surface area contributed by atoms with Gasteiger partial charge in [0.15, 0.2) is 0 Å². The molecule has 2 aromatic rings. The Kier molecular flexibility index (Phi) is 5.62. The normalized spacial score (nSPS) is 14.8. The predicted molar refractivity (Wildman–Crippen MR) is 92.0 cm³/mol. The Bertz CT molecular complexity index is 675. The minimum atomic E-state index is -0.793. The van der Waals surface area contributed by atoms with Gasteiger partial charge in [0.2, 0.25) is 5.91 Å². The molecular weight excluding hydrogens is 306 g/mol. The van der Waals surface area contributed by atoms with Crippen LogP contribution >= 0.6 is 0 Å². The zero-order valence-corrected chi connectivity index (χ0v) is 14.8. The fourth-order valence-corrected chi connectivity index (χ4v) is 2.85. The van der Waals surface area contributed by atoms with Crippen LogP contribution in [0.1, 0.15) is 48.4 Å². The number of nitrogens with zero attached hydrogens (tertiary/aromatic N) is 1. The lowest BCUT2D eigenvalue weighted by Crippen LogP contribution is -2.39. The summed E-state index contributed by atoms with van der Waals surface area (Å²) >= 11 is 0. The van der Waals surface area contributed by atoms with E-state index in [1.165, 1.54) is 0 Å². The number of H-pyrrole nitrogens is 1. The number of carbonyl (C=O) groups excluding carboxylic acids is 1. The van der Waals surface area contributed by atoms with Gasteiger partial charge in [-0.05, 0) is 45.4 Å². The standard InChI is InChI=1S/C18H25N3O3/c1-10(16-11(2)20-21-12(16)3)18(23)19-13(4)17(22)14-6-8-15(24-5)9-7-14/h6-10,13,17,22H,1-5H3,(H,19,23)(H,20,21)/t10-,13-,17+/m0/s1. The minimum absolute atomic E-state index is 0.136. The molecule has 6 heteroatoms. The Morgan fingerprint density at radius 3 is 2.38 bits per heavy atom. The van der Waals surface area contributed by atoms with Crippen LogP contribution < -0.4 is 10.1 Å². The van der Waals surface area contributed by atoms with Gasteiger partial charge in [0.1, 0.15) is 5.75 Å². The van der Waals surface area contributed by atoms with Crippen molar-refractivity contribution >= 4 is 5.91 Å². The molecule has 1 heterocycles. The summed E-state index contributed by atoms with van der Waals surface area (Å²) in [5.41, 5.74) is 3.34. The van der Waals surface area contributed by atoms with E-state index in [1.54, 1.807) is 38.3 Å². The van der Waals surface area contributed by atoms with Crippen LogP contribution in [0.25, 0.3) is 0 Å². The highest BCUT2D eigenvalue weighted by atomic mass is 16.5. The van der Waals surface area contributed by atoms with Crippen LogP contribution in [-0.2, 0) is 4.79 Å². The smallest absolute Gasteiger partial charge is 0.227 e. The number of carbonyl (C=O) groups is 1. The van der Waals surface area contributed by atoms with Crippen molar-refractivity contribution in [1.29, 1.82) is 0 Å². The third-order valence-electron chi connectivity index (χ3n) is 4.31. The number of rotatable bonds is 6. The molecule has 0 aliphatic carbocycles. The monoisotopic (exact) mass is 331 g/mol. The lowest BCUT2D eigenvalue weighted by atomic mass is 9.97. The maximum atomic E-state index is 12.5. The van der Waals surface area contributed by atoms with Crippen molar-refractivity contribution in [1.82, 2.24) is 15.5 Å². The first-order valence-corrected chi connectivity index (χ1v) is 7.99. The van der Waals surface area contributed by atoms with E-state index in [1.807, 2.05) is 20.8 Å². The first-order valence-electron chi connectivity index (χ1n) is 7.99. The van der Waals surface area contributed by atoms with Crippen molar-refractivity contribution in [3.05, 3.63) is 46.8 Å². The molecule has 1 aromatic carbocycles. The largest absolute Gasteiger partial charge is 0.497 e. The number of aliphatic hydroxyl groups is 1. The van der Waals surface area contributed by atoms with Crippen molar-refractivity contribution < 1.29 is 14.6 Å². The fraction of sp³-hybridized carbons (Fsp3) is 0.444. The van der Waals surface area contributed by atoms with Crippen LogP contribution in [0.2, 0.25) is 0 Å². The highest BCUT2D eigenvalue weighted by Crippen LogP contribution is 2.24. The quantitative estimate of drug-likeness (QED) is 0.758. The summed E-state index contributed by atoms with van der Waals surface area (Å²) in [4.78, 5) is 12.5. The van der Waals surface area contributed by atoms with Crippen molar-refractivity contribution in [3.8, 4) is 5.75 Å². The maximum Gasteiger partial charge on any atom is 0.227 e. The molecule has 130 valence electrons. The number of hydrogen-bond donors (Lipinski definition) is 3. The van der Waals surface area contributed by atoms with Gasteiger partial charge in [-0.1, -0.05) is 12.1 Å². The highest BCUT2D eigenvalue weighted by molar-refractivity contribution is 5.84. The predicted octanol–water partition coefficient (Wildman–Crippen LogP) is 2.38. The number of benzene rings is 1. The van der Waals surface area contributed by atoms with Crippen molar-refractivity contribution in [2.24, 2.45) is 0 Å². The molecule has 1 aromatic heterocycles. The zero-order chi connectivity index (χ0) is 17.9. The molecule has 3 atom stereocenters. The van der Waals surface area contributed by atoms with Crippen LogP contribution in [0.5, 0.6) is 5.75 Å². The van der Waals surface area contributed by atoms with Crippen LogP contribution in [0.15, 0.2) is 24.3 Å². The molecule has 3 N–H and O–H groups in total. The van der Waals surface area contributed by atoms with Crippen LogP contribution in [0.3, 0.4) is 0 Å². The van der Waals surface area contributed by atoms with Crippen molar-refractivity contribution in [3.63, 3.8) is 0 Å². The van der Waals surface area contributed by atoms with Gasteiger partial charge in [-0.2, -0.15) is 5.10 Å². The van der Waals surface area contributed by atoms with Crippen LogP contribution in [0.4, 0.5) is 0 Å². The van der Waals surface area contributed by atoms with Gasteiger partial charge in [0, 0.05) is 11.3 Å². The van der Waals surface area contributed by atoms with Gasteiger partial charge in [-0.3, -0.25) is 9.89 Å². The number of amides is 1. The Labute approximate surface area is 142 Å². The summed E-state index contributed by atoms with van der Waals surface area (Å²) in [6.45, 7) is 7.40. The van der Waals surface area contributed by atoms with Crippen LogP contribution in [0, 0.1) is 13.8 Å². The number of hydrogen-bond acceptors (Lipinski definition) is 4. The highest BCUT2D eigenvalue weighted by Gasteiger charge is 2.25. The van der Waals surface area contributed by atoms with Crippen LogP contribution in [-0.4, -0.2) is 34.4 Å². The van der Waals surface area contributed by atoms with Gasteiger partial charge in [0.25, 0.3) is 0 Å². The third kappa shape index (κ3) is 3.76. The molecule has 24 heavy (non-hydrogen) atoms. The van der Waals surface area contributed by atoms with E-state index in [0.717, 1.165) is 28.3 Å². The van der Waals surface area contributed by atoms with Gasteiger partial charge >= 0.3 is 0 Å². The number of aromatic nitrogens is 2. The van der Waals surface area contributed by atoms with E-state index < -0.39 is 12.1 Å². The van der Waals surface area contributed by atoms with E-state index in [4.69, 9.17) is 4.74 Å². The Morgan fingerprint density at radius 1 is 1.25 bits per heavy atom. The SMILES string of the molecule is COc1ccc([C@H](O)[C@H](C)NC(=O)[C@@H](C)c2c(C)n[nH]c2C)cc1. The van der Waals surface area contributed by atoms with E-state index in [2.05, 4.69) is 15.5 Å². The number of aryl methyl sites for hydroxylation is 2. The maximum absolute atomic E-state index is 12.5. The summed E-state index contributed by atoms with van der Waals surface area (Å²) < 4.78 is 5.11. The topological polar surface area (TPSA) is 87.2 Å². The molecule has 0 aliphatic rings. The molecule has 0 radical (unpaired) electrons. The lowest BCUT2D eigenvalue weighted by molar-refractivity contribution is -0.123. The third-order valence-corrected chi connectivity index (χ3v) is 4.31. The second kappa shape index (κ2) is 7.49. The molecule has 0 unspecified atom stereocenters. The molecular formula is C18H25N3O3. The summed E-state index contributed by atoms with van der Waals surface area (Å²) in [5, 5.41) is 20.4. The van der Waals surface area contributed by atoms with Crippen molar-refractivity contribution in [2.75, 3.05) is 7.11 Å². The Morgan fingerprint density at radius 2 is 1.88 bits per heavy atom. The summed E-state index contributed by atoms with van der Waals surface area (Å²) in [6, 6.07) is 6.74. The molecule has 0 aliphatic heterocycles. The van der Waals surface area contributed by atoms with Gasteiger partial charge in [-0.25, -0.2) is 0 Å². The second-order valence-corrected chi connectivity index (χ2v) is 6.08. The number of aliphatic hydroxyl groups excluding tert-OH is 1. The average molecular weight is 331 g/mol. The average Bonchev–Trinajstić information content (AvgIpc) is 2.92.